The lowest BCUT2D eigenvalue weighted by atomic mass is 9.88. The maximum atomic E-state index is 5.47. The van der Waals surface area contributed by atoms with Crippen LogP contribution >= 0.6 is 0 Å². The summed E-state index contributed by atoms with van der Waals surface area (Å²) in [6.45, 7) is 1.12. The predicted molar refractivity (Wildman–Crippen MR) is 75.0 cm³/mol. The molecule has 94 valence electrons. The van der Waals surface area contributed by atoms with Crippen LogP contribution in [-0.2, 0) is 6.54 Å². The molecule has 0 spiro atoms. The van der Waals surface area contributed by atoms with Crippen LogP contribution in [0.4, 0.5) is 0 Å². The van der Waals surface area contributed by atoms with Gasteiger partial charge in [0.1, 0.15) is 0 Å². The molecule has 2 aliphatic heterocycles. The lowest BCUT2D eigenvalue weighted by Gasteiger charge is -2.38. The van der Waals surface area contributed by atoms with E-state index in [1.54, 1.807) is 0 Å². The number of terminal acetylenes is 1. The molecule has 0 saturated carbocycles. The van der Waals surface area contributed by atoms with Crippen LogP contribution < -0.4 is 0 Å². The van der Waals surface area contributed by atoms with Crippen molar-refractivity contribution in [3.8, 4) is 12.3 Å². The van der Waals surface area contributed by atoms with Crippen molar-refractivity contribution in [1.29, 1.82) is 0 Å². The summed E-state index contributed by atoms with van der Waals surface area (Å²) >= 11 is 0. The normalized spacial score (nSPS) is 31.2. The van der Waals surface area contributed by atoms with Gasteiger partial charge in [-0.1, -0.05) is 30.3 Å². The molecule has 0 aliphatic carbocycles. The van der Waals surface area contributed by atoms with Crippen LogP contribution in [0, 0.1) is 18.3 Å². The lowest BCUT2D eigenvalue weighted by molar-refractivity contribution is 0.0978. The molecule has 2 heterocycles. The zero-order chi connectivity index (χ0) is 12.4. The second-order valence-electron chi connectivity index (χ2n) is 5.79. The topological polar surface area (TPSA) is 3.24 Å². The molecular formula is C17H21N. The zero-order valence-electron chi connectivity index (χ0n) is 10.9. The van der Waals surface area contributed by atoms with Gasteiger partial charge in [0.2, 0.25) is 0 Å². The van der Waals surface area contributed by atoms with E-state index in [1.807, 2.05) is 0 Å². The highest BCUT2D eigenvalue weighted by Crippen LogP contribution is 2.40. The summed E-state index contributed by atoms with van der Waals surface area (Å²) in [4.78, 5) is 2.72. The van der Waals surface area contributed by atoms with Gasteiger partial charge in [0.15, 0.2) is 0 Å². The first-order valence-electron chi connectivity index (χ1n) is 7.10. The molecule has 1 aromatic rings. The molecule has 2 fully saturated rings. The average molecular weight is 239 g/mol. The van der Waals surface area contributed by atoms with Gasteiger partial charge >= 0.3 is 0 Å². The monoisotopic (exact) mass is 239 g/mol. The number of rotatable bonds is 3. The van der Waals surface area contributed by atoms with Crippen molar-refractivity contribution in [2.24, 2.45) is 5.92 Å². The van der Waals surface area contributed by atoms with Crippen LogP contribution in [0.5, 0.6) is 0 Å². The highest BCUT2D eigenvalue weighted by Gasteiger charge is 2.39. The van der Waals surface area contributed by atoms with E-state index in [1.165, 1.54) is 31.2 Å². The fraction of sp³-hybridized carbons (Fsp3) is 0.529. The van der Waals surface area contributed by atoms with Crippen molar-refractivity contribution in [2.45, 2.75) is 50.7 Å². The van der Waals surface area contributed by atoms with Crippen molar-refractivity contribution in [2.75, 3.05) is 0 Å². The van der Waals surface area contributed by atoms with E-state index in [0.717, 1.165) is 31.0 Å². The van der Waals surface area contributed by atoms with Crippen LogP contribution in [-0.4, -0.2) is 17.0 Å². The molecule has 18 heavy (non-hydrogen) atoms. The van der Waals surface area contributed by atoms with Gasteiger partial charge in [-0.05, 0) is 37.2 Å². The van der Waals surface area contributed by atoms with Gasteiger partial charge in [0.05, 0.1) is 0 Å². The summed E-state index contributed by atoms with van der Waals surface area (Å²) in [5.41, 5.74) is 1.45. The van der Waals surface area contributed by atoms with Crippen molar-refractivity contribution < 1.29 is 0 Å². The Morgan fingerprint density at radius 1 is 1.11 bits per heavy atom. The molecule has 2 saturated heterocycles. The summed E-state index contributed by atoms with van der Waals surface area (Å²) < 4.78 is 0. The maximum Gasteiger partial charge on any atom is 0.0239 e. The fourth-order valence-electron chi connectivity index (χ4n) is 3.77. The fourth-order valence-corrected chi connectivity index (χ4v) is 3.77. The Kier molecular flexibility index (Phi) is 3.39. The van der Waals surface area contributed by atoms with Crippen LogP contribution in [0.15, 0.2) is 30.3 Å². The van der Waals surface area contributed by atoms with E-state index < -0.39 is 0 Å². The molecule has 1 nitrogen and oxygen atoms in total. The number of fused-ring (bicyclic) bond motifs is 2. The third-order valence-electron chi connectivity index (χ3n) is 4.60. The van der Waals surface area contributed by atoms with E-state index in [2.05, 4.69) is 41.2 Å². The molecule has 3 rings (SSSR count). The molecule has 2 unspecified atom stereocenters. The first-order chi connectivity index (χ1) is 8.86. The minimum absolute atomic E-state index is 0.777. The maximum absolute atomic E-state index is 5.47. The number of piperidine rings is 1. The molecule has 2 aliphatic rings. The number of benzene rings is 1. The smallest absolute Gasteiger partial charge is 0.0239 e. The lowest BCUT2D eigenvalue weighted by Crippen LogP contribution is -2.42. The Labute approximate surface area is 110 Å². The second kappa shape index (κ2) is 5.16. The van der Waals surface area contributed by atoms with Crippen LogP contribution in [0.1, 0.15) is 37.7 Å². The molecule has 1 heteroatoms. The molecular weight excluding hydrogens is 218 g/mol. The number of hydrogen-bond donors (Lipinski definition) is 0. The van der Waals surface area contributed by atoms with Gasteiger partial charge < -0.3 is 0 Å². The quantitative estimate of drug-likeness (QED) is 0.730. The zero-order valence-corrected chi connectivity index (χ0v) is 10.9. The standard InChI is InChI=1S/C17H21N/c1-2-6-15-11-16-9-10-17(12-15)18(16)13-14-7-4-3-5-8-14/h1,3-5,7-8,15-17H,6,9-13H2. The SMILES string of the molecule is C#CCC1CC2CCC(C1)N2Cc1ccccc1. The third kappa shape index (κ3) is 2.31. The third-order valence-corrected chi connectivity index (χ3v) is 4.60. The van der Waals surface area contributed by atoms with Gasteiger partial charge in [-0.15, -0.1) is 12.3 Å². The molecule has 2 bridgehead atoms. The van der Waals surface area contributed by atoms with Gasteiger partial charge in [-0.25, -0.2) is 0 Å². The summed E-state index contributed by atoms with van der Waals surface area (Å²) in [6, 6.07) is 12.4. The Bertz CT molecular complexity index is 417. The van der Waals surface area contributed by atoms with Gasteiger partial charge in [0.25, 0.3) is 0 Å². The van der Waals surface area contributed by atoms with Crippen molar-refractivity contribution in [3.63, 3.8) is 0 Å². The first kappa shape index (κ1) is 11.8. The molecule has 1 aromatic carbocycles. The molecule has 0 amide bonds. The van der Waals surface area contributed by atoms with Gasteiger partial charge in [-0.3, -0.25) is 4.90 Å². The summed E-state index contributed by atoms with van der Waals surface area (Å²) in [7, 11) is 0. The average Bonchev–Trinajstić information content (AvgIpc) is 2.63. The Morgan fingerprint density at radius 2 is 1.78 bits per heavy atom. The van der Waals surface area contributed by atoms with Crippen molar-refractivity contribution >= 4 is 0 Å². The molecule has 0 radical (unpaired) electrons. The summed E-state index contributed by atoms with van der Waals surface area (Å²) in [5, 5.41) is 0. The van der Waals surface area contributed by atoms with E-state index in [0.29, 0.717) is 0 Å². The van der Waals surface area contributed by atoms with E-state index in [9.17, 15) is 0 Å². The first-order valence-corrected chi connectivity index (χ1v) is 7.10. The molecule has 2 atom stereocenters. The minimum atomic E-state index is 0.777. The predicted octanol–water partition coefficient (Wildman–Crippen LogP) is 3.45. The Balaban J connectivity index is 1.67. The largest absolute Gasteiger partial charge is 0.293 e. The highest BCUT2D eigenvalue weighted by molar-refractivity contribution is 5.15. The summed E-state index contributed by atoms with van der Waals surface area (Å²) in [6.07, 6.45) is 11.8. The molecule has 0 aromatic heterocycles. The number of hydrogen-bond acceptors (Lipinski definition) is 1. The van der Waals surface area contributed by atoms with E-state index in [-0.39, 0.29) is 0 Å². The highest BCUT2D eigenvalue weighted by atomic mass is 15.2. The van der Waals surface area contributed by atoms with E-state index in [4.69, 9.17) is 6.42 Å². The Morgan fingerprint density at radius 3 is 2.39 bits per heavy atom. The number of nitrogens with zero attached hydrogens (tertiary/aromatic N) is 1. The van der Waals surface area contributed by atoms with Crippen molar-refractivity contribution in [3.05, 3.63) is 35.9 Å². The van der Waals surface area contributed by atoms with Crippen LogP contribution in [0.25, 0.3) is 0 Å². The van der Waals surface area contributed by atoms with Gasteiger partial charge in [0, 0.05) is 25.0 Å². The minimum Gasteiger partial charge on any atom is -0.293 e. The van der Waals surface area contributed by atoms with Crippen LogP contribution in [0.2, 0.25) is 0 Å². The summed E-state index contributed by atoms with van der Waals surface area (Å²) in [5.74, 6) is 3.63. The Hall–Kier alpha value is -1.26. The van der Waals surface area contributed by atoms with Crippen molar-refractivity contribution in [1.82, 2.24) is 4.90 Å². The molecule has 0 N–H and O–H groups in total. The second-order valence-corrected chi connectivity index (χ2v) is 5.79. The van der Waals surface area contributed by atoms with Gasteiger partial charge in [-0.2, -0.15) is 0 Å². The van der Waals surface area contributed by atoms with Crippen LogP contribution in [0.3, 0.4) is 0 Å². The van der Waals surface area contributed by atoms with E-state index >= 15 is 0 Å².